The molecule has 0 aliphatic heterocycles. The Morgan fingerprint density at radius 2 is 1.96 bits per heavy atom. The molecule has 6 heteroatoms. The highest BCUT2D eigenvalue weighted by Crippen LogP contribution is 2.25. The van der Waals surface area contributed by atoms with Gasteiger partial charge in [0.1, 0.15) is 11.5 Å². The van der Waals surface area contributed by atoms with E-state index in [0.29, 0.717) is 17.1 Å². The number of hydrogen-bond donors (Lipinski definition) is 1. The molecule has 1 amide bonds. The molecule has 0 saturated heterocycles. The van der Waals surface area contributed by atoms with Gasteiger partial charge in [0.15, 0.2) is 0 Å². The minimum absolute atomic E-state index is 0.345. The van der Waals surface area contributed by atoms with E-state index in [1.165, 1.54) is 7.11 Å². The zero-order valence-corrected chi connectivity index (χ0v) is 15.9. The lowest BCUT2D eigenvalue weighted by Gasteiger charge is -2.08. The van der Waals surface area contributed by atoms with E-state index in [1.807, 2.05) is 12.1 Å². The Morgan fingerprint density at radius 1 is 1.19 bits per heavy atom. The van der Waals surface area contributed by atoms with Crippen molar-refractivity contribution in [3.05, 3.63) is 59.3 Å². The molecule has 1 N–H and O–H groups in total. The average Bonchev–Trinajstić information content (AvgIpc) is 2.98. The van der Waals surface area contributed by atoms with E-state index >= 15 is 0 Å². The maximum atomic E-state index is 12.5. The van der Waals surface area contributed by atoms with Crippen LogP contribution in [0.3, 0.4) is 0 Å². The number of hydrazone groups is 1. The molecule has 1 heterocycles. The molecule has 27 heavy (non-hydrogen) atoms. The first-order valence-electron chi connectivity index (χ1n) is 8.74. The summed E-state index contributed by atoms with van der Waals surface area (Å²) in [7, 11) is 3.08. The largest absolute Gasteiger partial charge is 0.497 e. The Balaban J connectivity index is 1.85. The number of aryl methyl sites for hydroxylation is 1. The number of rotatable bonds is 6. The summed E-state index contributed by atoms with van der Waals surface area (Å²) in [4.78, 5) is 12.5. The van der Waals surface area contributed by atoms with Crippen molar-refractivity contribution >= 4 is 23.0 Å². The van der Waals surface area contributed by atoms with E-state index in [2.05, 4.69) is 41.1 Å². The van der Waals surface area contributed by atoms with Crippen molar-refractivity contribution < 1.29 is 14.3 Å². The molecule has 2 aromatic carbocycles. The molecule has 0 spiro atoms. The number of hydrogen-bond acceptors (Lipinski definition) is 4. The van der Waals surface area contributed by atoms with E-state index in [9.17, 15) is 4.79 Å². The fourth-order valence-electron chi connectivity index (χ4n) is 3.23. The molecule has 0 unspecified atom stereocenters. The summed E-state index contributed by atoms with van der Waals surface area (Å²) in [5, 5.41) is 5.28. The third kappa shape index (κ3) is 3.51. The first-order valence-corrected chi connectivity index (χ1v) is 8.74. The Bertz CT molecular complexity index is 1010. The van der Waals surface area contributed by atoms with Gasteiger partial charge in [-0.3, -0.25) is 4.79 Å². The number of para-hydroxylation sites is 1. The van der Waals surface area contributed by atoms with Crippen LogP contribution in [0.25, 0.3) is 10.9 Å². The fraction of sp³-hybridized carbons (Fsp3) is 0.238. The molecule has 1 aromatic heterocycles. The topological polar surface area (TPSA) is 64.9 Å². The van der Waals surface area contributed by atoms with Gasteiger partial charge in [0.05, 0.1) is 26.0 Å². The van der Waals surface area contributed by atoms with Gasteiger partial charge < -0.3 is 14.0 Å². The van der Waals surface area contributed by atoms with Gasteiger partial charge in [0, 0.05) is 34.8 Å². The number of nitrogens with one attached hydrogen (secondary N) is 1. The lowest BCUT2D eigenvalue weighted by atomic mass is 10.1. The van der Waals surface area contributed by atoms with Crippen LogP contribution in [-0.2, 0) is 6.54 Å². The summed E-state index contributed by atoms with van der Waals surface area (Å²) in [6, 6.07) is 13.2. The van der Waals surface area contributed by atoms with Gasteiger partial charge in [-0.1, -0.05) is 18.2 Å². The maximum Gasteiger partial charge on any atom is 0.275 e. The third-order valence-corrected chi connectivity index (χ3v) is 4.61. The van der Waals surface area contributed by atoms with Crippen LogP contribution in [0.4, 0.5) is 0 Å². The first-order chi connectivity index (χ1) is 13.1. The molecule has 0 fully saturated rings. The van der Waals surface area contributed by atoms with E-state index < -0.39 is 0 Å². The Morgan fingerprint density at radius 3 is 2.67 bits per heavy atom. The number of carbonyl (C=O) groups excluding carboxylic acids is 1. The van der Waals surface area contributed by atoms with Crippen molar-refractivity contribution in [1.29, 1.82) is 0 Å². The van der Waals surface area contributed by atoms with Crippen molar-refractivity contribution in [2.24, 2.45) is 5.10 Å². The predicted molar refractivity (Wildman–Crippen MR) is 107 cm³/mol. The molecule has 0 aliphatic carbocycles. The molecule has 0 atom stereocenters. The molecule has 3 aromatic rings. The quantitative estimate of drug-likeness (QED) is 0.534. The van der Waals surface area contributed by atoms with Crippen LogP contribution in [0.5, 0.6) is 11.5 Å². The van der Waals surface area contributed by atoms with E-state index in [4.69, 9.17) is 9.47 Å². The smallest absolute Gasteiger partial charge is 0.275 e. The monoisotopic (exact) mass is 365 g/mol. The number of amides is 1. The lowest BCUT2D eigenvalue weighted by molar-refractivity contribution is 0.0952. The Kier molecular flexibility index (Phi) is 5.45. The SMILES string of the molecule is CCn1c(C)c(/C=N\NC(=O)c2ccc(OC)cc2OC)c2ccccc21. The van der Waals surface area contributed by atoms with Crippen LogP contribution >= 0.6 is 0 Å². The van der Waals surface area contributed by atoms with Gasteiger partial charge in [-0.2, -0.15) is 5.10 Å². The number of nitrogens with zero attached hydrogens (tertiary/aromatic N) is 2. The Labute approximate surface area is 158 Å². The second-order valence-corrected chi connectivity index (χ2v) is 6.03. The Hall–Kier alpha value is -3.28. The van der Waals surface area contributed by atoms with Gasteiger partial charge in [0.2, 0.25) is 0 Å². The number of carbonyl (C=O) groups is 1. The minimum Gasteiger partial charge on any atom is -0.497 e. The van der Waals surface area contributed by atoms with Crippen LogP contribution in [-0.4, -0.2) is 30.9 Å². The van der Waals surface area contributed by atoms with Gasteiger partial charge in [-0.05, 0) is 32.0 Å². The summed E-state index contributed by atoms with van der Waals surface area (Å²) in [6.07, 6.45) is 1.69. The van der Waals surface area contributed by atoms with Crippen molar-refractivity contribution in [3.63, 3.8) is 0 Å². The van der Waals surface area contributed by atoms with Gasteiger partial charge >= 0.3 is 0 Å². The molecular formula is C21H23N3O3. The van der Waals surface area contributed by atoms with Crippen LogP contribution < -0.4 is 14.9 Å². The number of aromatic nitrogens is 1. The predicted octanol–water partition coefficient (Wildman–Crippen LogP) is 3.75. The zero-order valence-electron chi connectivity index (χ0n) is 15.9. The molecule has 0 bridgehead atoms. The van der Waals surface area contributed by atoms with Crippen molar-refractivity contribution in [3.8, 4) is 11.5 Å². The van der Waals surface area contributed by atoms with Crippen LogP contribution in [0.2, 0.25) is 0 Å². The number of fused-ring (bicyclic) bond motifs is 1. The second kappa shape index (κ2) is 7.95. The molecule has 140 valence electrons. The number of methoxy groups -OCH3 is 2. The van der Waals surface area contributed by atoms with Gasteiger partial charge in [0.25, 0.3) is 5.91 Å². The summed E-state index contributed by atoms with van der Waals surface area (Å²) in [5.41, 5.74) is 6.23. The maximum absolute atomic E-state index is 12.5. The highest BCUT2D eigenvalue weighted by molar-refractivity contribution is 6.02. The summed E-state index contributed by atoms with van der Waals surface area (Å²) in [6.45, 7) is 5.03. The molecule has 0 saturated carbocycles. The zero-order chi connectivity index (χ0) is 19.4. The van der Waals surface area contributed by atoms with E-state index in [-0.39, 0.29) is 5.91 Å². The highest BCUT2D eigenvalue weighted by atomic mass is 16.5. The minimum atomic E-state index is -0.345. The van der Waals surface area contributed by atoms with E-state index in [0.717, 1.165) is 28.7 Å². The lowest BCUT2D eigenvalue weighted by Crippen LogP contribution is -2.18. The normalized spacial score (nSPS) is 11.1. The van der Waals surface area contributed by atoms with Crippen LogP contribution in [0, 0.1) is 6.92 Å². The second-order valence-electron chi connectivity index (χ2n) is 6.03. The van der Waals surface area contributed by atoms with Crippen molar-refractivity contribution in [2.45, 2.75) is 20.4 Å². The van der Waals surface area contributed by atoms with Crippen LogP contribution in [0.1, 0.15) is 28.5 Å². The summed E-state index contributed by atoms with van der Waals surface area (Å²) < 4.78 is 12.7. The summed E-state index contributed by atoms with van der Waals surface area (Å²) in [5.74, 6) is 0.707. The number of benzene rings is 2. The van der Waals surface area contributed by atoms with Crippen molar-refractivity contribution in [2.75, 3.05) is 14.2 Å². The fourth-order valence-corrected chi connectivity index (χ4v) is 3.23. The molecule has 6 nitrogen and oxygen atoms in total. The molecule has 0 radical (unpaired) electrons. The first kappa shape index (κ1) is 18.5. The standard InChI is InChI=1S/C21H23N3O3/c1-5-24-14(2)18(16-8-6-7-9-19(16)24)13-22-23-21(25)17-11-10-15(26-3)12-20(17)27-4/h6-13H,5H2,1-4H3,(H,23,25)/b22-13-. The van der Waals surface area contributed by atoms with Crippen molar-refractivity contribution in [1.82, 2.24) is 9.99 Å². The third-order valence-electron chi connectivity index (χ3n) is 4.61. The summed E-state index contributed by atoms with van der Waals surface area (Å²) >= 11 is 0. The van der Waals surface area contributed by atoms with E-state index in [1.54, 1.807) is 31.5 Å². The van der Waals surface area contributed by atoms with Crippen LogP contribution in [0.15, 0.2) is 47.6 Å². The van der Waals surface area contributed by atoms with Gasteiger partial charge in [-0.15, -0.1) is 0 Å². The molecular weight excluding hydrogens is 342 g/mol. The molecule has 3 rings (SSSR count). The highest BCUT2D eigenvalue weighted by Gasteiger charge is 2.14. The molecule has 0 aliphatic rings. The number of ether oxygens (including phenoxy) is 2. The average molecular weight is 365 g/mol. The van der Waals surface area contributed by atoms with Gasteiger partial charge in [-0.25, -0.2) is 5.43 Å².